The second-order valence-corrected chi connectivity index (χ2v) is 6.07. The maximum atomic E-state index is 11.0. The summed E-state index contributed by atoms with van der Waals surface area (Å²) in [4.78, 5) is 26.1. The van der Waals surface area contributed by atoms with E-state index in [0.29, 0.717) is 5.92 Å². The molecule has 0 amide bonds. The lowest BCUT2D eigenvalue weighted by molar-refractivity contribution is 0.0656. The first-order chi connectivity index (χ1) is 10.5. The summed E-state index contributed by atoms with van der Waals surface area (Å²) in [5.74, 6) is -0.446. The third-order valence-electron chi connectivity index (χ3n) is 4.29. The molecule has 0 radical (unpaired) electrons. The average molecular weight is 304 g/mol. The van der Waals surface area contributed by atoms with E-state index < -0.39 is 5.97 Å². The second-order valence-electron chi connectivity index (χ2n) is 6.07. The zero-order valence-corrected chi connectivity index (χ0v) is 13.0. The number of hydrogen-bond acceptors (Lipinski definition) is 6. The molecule has 118 valence electrons. The molecule has 7 heteroatoms. The van der Waals surface area contributed by atoms with Crippen molar-refractivity contribution in [2.45, 2.75) is 51.5 Å². The van der Waals surface area contributed by atoms with Crippen LogP contribution in [0.4, 0.5) is 5.82 Å². The highest BCUT2D eigenvalue weighted by atomic mass is 16.4. The van der Waals surface area contributed by atoms with Crippen LogP contribution in [0.25, 0.3) is 11.4 Å². The van der Waals surface area contributed by atoms with Gasteiger partial charge in [-0.3, -0.25) is 0 Å². The van der Waals surface area contributed by atoms with Crippen molar-refractivity contribution < 1.29 is 14.3 Å². The monoisotopic (exact) mass is 304 g/mol. The molecule has 2 aromatic heterocycles. The highest BCUT2D eigenvalue weighted by molar-refractivity contribution is 5.85. The summed E-state index contributed by atoms with van der Waals surface area (Å²) in [6, 6.07) is 0.258. The summed E-state index contributed by atoms with van der Waals surface area (Å²) in [5, 5.41) is 9.01. The third kappa shape index (κ3) is 2.51. The Kier molecular flexibility index (Phi) is 3.72. The predicted octanol–water partition coefficient (Wildman–Crippen LogP) is 2.82. The molecular formula is C15H20N4O3. The number of carboxylic acid groups (broad SMARTS) is 1. The minimum absolute atomic E-state index is 0.182. The number of carbonyl (C=O) groups is 1. The highest BCUT2D eigenvalue weighted by Crippen LogP contribution is 2.38. The van der Waals surface area contributed by atoms with Crippen molar-refractivity contribution in [3.8, 4) is 0 Å². The van der Waals surface area contributed by atoms with Gasteiger partial charge < -0.3 is 14.4 Å². The van der Waals surface area contributed by atoms with E-state index in [2.05, 4.69) is 28.8 Å². The van der Waals surface area contributed by atoms with Crippen LogP contribution in [0.3, 0.4) is 0 Å². The molecule has 0 bridgehead atoms. The first kappa shape index (κ1) is 14.7. The molecule has 1 saturated carbocycles. The number of oxazole rings is 1. The van der Waals surface area contributed by atoms with Crippen LogP contribution in [-0.2, 0) is 0 Å². The third-order valence-corrected chi connectivity index (χ3v) is 4.29. The van der Waals surface area contributed by atoms with Crippen LogP contribution in [0.1, 0.15) is 61.8 Å². The fourth-order valence-electron chi connectivity index (χ4n) is 2.84. The normalized spacial score (nSPS) is 15.8. The highest BCUT2D eigenvalue weighted by Gasteiger charge is 2.27. The molecule has 0 spiro atoms. The Morgan fingerprint density at radius 2 is 1.95 bits per heavy atom. The van der Waals surface area contributed by atoms with E-state index in [9.17, 15) is 4.79 Å². The molecule has 0 unspecified atom stereocenters. The van der Waals surface area contributed by atoms with Gasteiger partial charge in [-0.05, 0) is 26.7 Å². The van der Waals surface area contributed by atoms with Crippen LogP contribution >= 0.6 is 0 Å². The number of aromatic carboxylic acids is 1. The van der Waals surface area contributed by atoms with Crippen molar-refractivity contribution in [2.24, 2.45) is 0 Å². The molecule has 3 rings (SSSR count). The number of carboxylic acids is 1. The van der Waals surface area contributed by atoms with Gasteiger partial charge in [0.1, 0.15) is 0 Å². The van der Waals surface area contributed by atoms with Crippen LogP contribution in [0.2, 0.25) is 0 Å². The van der Waals surface area contributed by atoms with Crippen LogP contribution in [-0.4, -0.2) is 39.1 Å². The Balaban J connectivity index is 2.15. The van der Waals surface area contributed by atoms with E-state index in [1.54, 1.807) is 0 Å². The van der Waals surface area contributed by atoms with Gasteiger partial charge in [0.25, 0.3) is 5.71 Å². The predicted molar refractivity (Wildman–Crippen MR) is 81.3 cm³/mol. The maximum absolute atomic E-state index is 11.0. The molecule has 0 aliphatic heterocycles. The first-order valence-electron chi connectivity index (χ1n) is 7.62. The van der Waals surface area contributed by atoms with E-state index in [4.69, 9.17) is 9.52 Å². The van der Waals surface area contributed by atoms with E-state index >= 15 is 0 Å². The smallest absolute Gasteiger partial charge is 0.392 e. The first-order valence-corrected chi connectivity index (χ1v) is 7.62. The van der Waals surface area contributed by atoms with Gasteiger partial charge in [0.05, 0.1) is 5.69 Å². The van der Waals surface area contributed by atoms with Crippen LogP contribution < -0.4 is 4.90 Å². The Morgan fingerprint density at radius 1 is 1.27 bits per heavy atom. The standard InChI is InChI=1S/C15H20N4O3/c1-8(2)19(3)12-10(9-6-4-5-7-9)16-11-13(18-12)22-14(17-11)15(20)21/h8-9H,4-7H2,1-3H3,(H,20,21). The maximum Gasteiger partial charge on any atom is 0.392 e. The molecule has 1 fully saturated rings. The average Bonchev–Trinajstić information content (AvgIpc) is 3.13. The molecule has 0 saturated heterocycles. The molecule has 1 aliphatic carbocycles. The summed E-state index contributed by atoms with van der Waals surface area (Å²) < 4.78 is 5.21. The molecule has 2 aromatic rings. The fourth-order valence-corrected chi connectivity index (χ4v) is 2.84. The molecule has 0 atom stereocenters. The number of rotatable bonds is 4. The summed E-state index contributed by atoms with van der Waals surface area (Å²) in [5.41, 5.74) is 1.37. The Morgan fingerprint density at radius 3 is 2.55 bits per heavy atom. The summed E-state index contributed by atoms with van der Waals surface area (Å²) in [7, 11) is 1.97. The van der Waals surface area contributed by atoms with Crippen molar-refractivity contribution in [3.63, 3.8) is 0 Å². The molecule has 7 nitrogen and oxygen atoms in total. The summed E-state index contributed by atoms with van der Waals surface area (Å²) in [6.45, 7) is 4.15. The summed E-state index contributed by atoms with van der Waals surface area (Å²) in [6.07, 6.45) is 4.55. The lowest BCUT2D eigenvalue weighted by Gasteiger charge is -2.25. The lowest BCUT2D eigenvalue weighted by atomic mass is 10.0. The van der Waals surface area contributed by atoms with Gasteiger partial charge >= 0.3 is 11.9 Å². The van der Waals surface area contributed by atoms with Gasteiger partial charge in [-0.1, -0.05) is 12.8 Å². The summed E-state index contributed by atoms with van der Waals surface area (Å²) >= 11 is 0. The topological polar surface area (TPSA) is 92.4 Å². The van der Waals surface area contributed by atoms with Gasteiger partial charge in [0, 0.05) is 19.0 Å². The molecule has 22 heavy (non-hydrogen) atoms. The van der Waals surface area contributed by atoms with Gasteiger partial charge in [0.15, 0.2) is 5.82 Å². The lowest BCUT2D eigenvalue weighted by Crippen LogP contribution is -2.28. The van der Waals surface area contributed by atoms with Gasteiger partial charge in [-0.2, -0.15) is 9.97 Å². The molecule has 0 aromatic carbocycles. The van der Waals surface area contributed by atoms with Crippen LogP contribution in [0.5, 0.6) is 0 Å². The molecule has 2 heterocycles. The van der Waals surface area contributed by atoms with Crippen LogP contribution in [0, 0.1) is 0 Å². The minimum Gasteiger partial charge on any atom is -0.474 e. The van der Waals surface area contributed by atoms with Gasteiger partial charge in [-0.15, -0.1) is 0 Å². The number of hydrogen-bond donors (Lipinski definition) is 1. The Hall–Kier alpha value is -2.18. The van der Waals surface area contributed by atoms with Crippen molar-refractivity contribution in [3.05, 3.63) is 11.6 Å². The second kappa shape index (κ2) is 5.55. The minimum atomic E-state index is -1.21. The van der Waals surface area contributed by atoms with E-state index in [1.165, 1.54) is 12.8 Å². The quantitative estimate of drug-likeness (QED) is 0.928. The van der Waals surface area contributed by atoms with Crippen molar-refractivity contribution in [1.82, 2.24) is 15.0 Å². The Bertz CT molecular complexity index is 665. The van der Waals surface area contributed by atoms with E-state index in [1.807, 2.05) is 11.9 Å². The number of aromatic nitrogens is 3. The molecule has 1 N–H and O–H groups in total. The zero-order valence-electron chi connectivity index (χ0n) is 13.0. The Labute approximate surface area is 128 Å². The van der Waals surface area contributed by atoms with Gasteiger partial charge in [-0.25, -0.2) is 9.78 Å². The van der Waals surface area contributed by atoms with Crippen LogP contribution in [0.15, 0.2) is 4.42 Å². The van der Waals surface area contributed by atoms with Crippen molar-refractivity contribution in [1.29, 1.82) is 0 Å². The van der Waals surface area contributed by atoms with Crippen molar-refractivity contribution >= 4 is 23.1 Å². The SMILES string of the molecule is CC(C)N(C)c1nc2oc(C(=O)O)nc2nc1C1CCCC1. The van der Waals surface area contributed by atoms with E-state index in [-0.39, 0.29) is 23.3 Å². The van der Waals surface area contributed by atoms with E-state index in [0.717, 1.165) is 24.4 Å². The number of nitrogens with zero attached hydrogens (tertiary/aromatic N) is 4. The molecule has 1 aliphatic rings. The zero-order chi connectivity index (χ0) is 15.9. The van der Waals surface area contributed by atoms with Crippen molar-refractivity contribution in [2.75, 3.05) is 11.9 Å². The molecular weight excluding hydrogens is 284 g/mol. The van der Waals surface area contributed by atoms with Gasteiger partial charge in [0.2, 0.25) is 5.65 Å². The fraction of sp³-hybridized carbons (Fsp3) is 0.600. The number of fused-ring (bicyclic) bond motifs is 1. The largest absolute Gasteiger partial charge is 0.474 e. The number of anilines is 1.